The molecule has 0 atom stereocenters. The number of aromatic nitrogens is 1. The average Bonchev–Trinajstić information content (AvgIpc) is 2.73. The van der Waals surface area contributed by atoms with E-state index in [2.05, 4.69) is 12.2 Å². The number of likely N-dealkylation sites (tertiary alicyclic amines) is 1. The zero-order valence-electron chi connectivity index (χ0n) is 16.8. The maximum atomic E-state index is 12.9. The summed E-state index contributed by atoms with van der Waals surface area (Å²) in [5, 5.41) is 13.8. The standard InChI is InChI=1S/C21H31N3O3S/c1-2-15-28-20-17(19(25)22-16-9-5-3-6-10-16)11-12-18(23-20)24(21(26)27)13-7-4-8-14-24/h11-12,16H,2-10,13-15H2,1H3,(H-,22,25,26,27)/p+1. The van der Waals surface area contributed by atoms with E-state index in [1.807, 2.05) is 0 Å². The van der Waals surface area contributed by atoms with Crippen LogP contribution in [0.2, 0.25) is 0 Å². The second-order valence-electron chi connectivity index (χ2n) is 7.94. The summed E-state index contributed by atoms with van der Waals surface area (Å²) < 4.78 is -0.121. The van der Waals surface area contributed by atoms with Gasteiger partial charge in [0.05, 0.1) is 18.7 Å². The van der Waals surface area contributed by atoms with Crippen LogP contribution >= 0.6 is 11.8 Å². The van der Waals surface area contributed by atoms with E-state index >= 15 is 0 Å². The van der Waals surface area contributed by atoms with Crippen molar-refractivity contribution in [3.8, 4) is 0 Å². The van der Waals surface area contributed by atoms with E-state index in [1.54, 1.807) is 23.9 Å². The topological polar surface area (TPSA) is 79.3 Å². The molecule has 0 spiro atoms. The highest BCUT2D eigenvalue weighted by Gasteiger charge is 2.42. The number of carboxylic acid groups (broad SMARTS) is 1. The lowest BCUT2D eigenvalue weighted by Gasteiger charge is -2.34. The average molecular weight is 407 g/mol. The van der Waals surface area contributed by atoms with E-state index < -0.39 is 6.09 Å². The molecule has 1 aromatic heterocycles. The van der Waals surface area contributed by atoms with Gasteiger partial charge in [-0.2, -0.15) is 14.3 Å². The van der Waals surface area contributed by atoms with Gasteiger partial charge in [0, 0.05) is 12.1 Å². The fourth-order valence-electron chi connectivity index (χ4n) is 4.23. The number of pyridine rings is 1. The van der Waals surface area contributed by atoms with Crippen molar-refractivity contribution < 1.29 is 14.7 Å². The zero-order valence-corrected chi connectivity index (χ0v) is 17.6. The third kappa shape index (κ3) is 4.69. The second kappa shape index (κ2) is 9.74. The van der Waals surface area contributed by atoms with Gasteiger partial charge in [0.25, 0.3) is 5.91 Å². The number of thioether (sulfide) groups is 1. The smallest absolute Gasteiger partial charge is 0.435 e. The van der Waals surface area contributed by atoms with Crippen LogP contribution in [0.3, 0.4) is 0 Å². The Kier molecular flexibility index (Phi) is 7.35. The van der Waals surface area contributed by atoms with Crippen LogP contribution in [0, 0.1) is 0 Å². The number of amides is 2. The van der Waals surface area contributed by atoms with Crippen LogP contribution in [-0.4, -0.2) is 47.0 Å². The minimum absolute atomic E-state index is 0.0786. The summed E-state index contributed by atoms with van der Waals surface area (Å²) in [6, 6.07) is 3.78. The SMILES string of the molecule is CCCSc1nc([N+]2(C(=O)O)CCCCC2)ccc1C(=O)NC1CCCCC1. The van der Waals surface area contributed by atoms with Crippen molar-refractivity contribution in [1.29, 1.82) is 0 Å². The molecule has 1 aliphatic carbocycles. The fourth-order valence-corrected chi connectivity index (χ4v) is 5.10. The molecule has 6 nitrogen and oxygen atoms in total. The van der Waals surface area contributed by atoms with Crippen molar-refractivity contribution in [2.24, 2.45) is 0 Å². The molecule has 0 unspecified atom stereocenters. The normalized spacial score (nSPS) is 19.9. The molecular weight excluding hydrogens is 374 g/mol. The van der Waals surface area contributed by atoms with Crippen LogP contribution in [-0.2, 0) is 0 Å². The van der Waals surface area contributed by atoms with Gasteiger partial charge in [0.1, 0.15) is 5.03 Å². The monoisotopic (exact) mass is 406 g/mol. The van der Waals surface area contributed by atoms with Gasteiger partial charge < -0.3 is 10.4 Å². The maximum absolute atomic E-state index is 12.9. The molecule has 0 aromatic carbocycles. The highest BCUT2D eigenvalue weighted by atomic mass is 32.2. The number of nitrogens with zero attached hydrogens (tertiary/aromatic N) is 2. The van der Waals surface area contributed by atoms with Crippen molar-refractivity contribution >= 4 is 29.6 Å². The van der Waals surface area contributed by atoms with Crippen LogP contribution in [0.5, 0.6) is 0 Å². The van der Waals surface area contributed by atoms with Gasteiger partial charge in [0.15, 0.2) is 0 Å². The van der Waals surface area contributed by atoms with Gasteiger partial charge in [-0.05, 0) is 50.3 Å². The Hall–Kier alpha value is -1.60. The van der Waals surface area contributed by atoms with Gasteiger partial charge in [-0.3, -0.25) is 4.79 Å². The minimum Gasteiger partial charge on any atom is -0.435 e. The molecule has 2 amide bonds. The predicted molar refractivity (Wildman–Crippen MR) is 113 cm³/mol. The molecular formula is C21H32N3O3S+. The number of piperidine rings is 1. The molecule has 7 heteroatoms. The molecule has 1 aromatic rings. The molecule has 154 valence electrons. The van der Waals surface area contributed by atoms with E-state index in [0.29, 0.717) is 29.5 Å². The van der Waals surface area contributed by atoms with Crippen LogP contribution in [0.4, 0.5) is 10.6 Å². The Balaban J connectivity index is 1.88. The maximum Gasteiger partial charge on any atom is 0.520 e. The largest absolute Gasteiger partial charge is 0.520 e. The van der Waals surface area contributed by atoms with Gasteiger partial charge >= 0.3 is 6.09 Å². The molecule has 2 fully saturated rings. The summed E-state index contributed by atoms with van der Waals surface area (Å²) in [5.41, 5.74) is 0.577. The summed E-state index contributed by atoms with van der Waals surface area (Å²) in [6.07, 6.45) is 8.60. The molecule has 3 rings (SSSR count). The van der Waals surface area contributed by atoms with Gasteiger partial charge in [-0.15, -0.1) is 11.8 Å². The number of hydrogen-bond acceptors (Lipinski definition) is 4. The van der Waals surface area contributed by atoms with Gasteiger partial charge in [0.2, 0.25) is 5.82 Å². The van der Waals surface area contributed by atoms with Crippen LogP contribution < -0.4 is 9.80 Å². The third-order valence-corrected chi connectivity index (χ3v) is 7.05. The number of quaternary nitrogens is 1. The van der Waals surface area contributed by atoms with Crippen molar-refractivity contribution in [3.63, 3.8) is 0 Å². The Morgan fingerprint density at radius 3 is 2.46 bits per heavy atom. The van der Waals surface area contributed by atoms with Gasteiger partial charge in [-0.1, -0.05) is 26.2 Å². The first-order valence-corrected chi connectivity index (χ1v) is 11.6. The number of carbonyl (C=O) groups is 2. The lowest BCUT2D eigenvalue weighted by Crippen LogP contribution is -2.57. The summed E-state index contributed by atoms with van der Waals surface area (Å²) in [6.45, 7) is 3.22. The molecule has 2 aliphatic rings. The molecule has 0 bridgehead atoms. The van der Waals surface area contributed by atoms with E-state index in [9.17, 15) is 14.7 Å². The lowest BCUT2D eigenvalue weighted by molar-refractivity contribution is 0.0924. The number of carbonyl (C=O) groups excluding carboxylic acids is 1. The Morgan fingerprint density at radius 1 is 1.14 bits per heavy atom. The zero-order chi connectivity index (χ0) is 20.0. The summed E-state index contributed by atoms with van der Waals surface area (Å²) in [7, 11) is 0. The van der Waals surface area contributed by atoms with E-state index in [0.717, 1.165) is 57.1 Å². The summed E-state index contributed by atoms with van der Waals surface area (Å²) >= 11 is 1.55. The second-order valence-corrected chi connectivity index (χ2v) is 9.02. The first-order chi connectivity index (χ1) is 13.6. The van der Waals surface area contributed by atoms with E-state index in [1.165, 1.54) is 6.42 Å². The Labute approximate surface area is 171 Å². The Morgan fingerprint density at radius 2 is 1.82 bits per heavy atom. The lowest BCUT2D eigenvalue weighted by atomic mass is 9.95. The number of nitrogens with one attached hydrogen (secondary N) is 1. The Bertz CT molecular complexity index is 698. The third-order valence-electron chi connectivity index (χ3n) is 5.86. The fraction of sp³-hybridized carbons (Fsp3) is 0.667. The first kappa shape index (κ1) is 21.1. The predicted octanol–water partition coefficient (Wildman–Crippen LogP) is 4.82. The molecule has 2 heterocycles. The van der Waals surface area contributed by atoms with Crippen molar-refractivity contribution in [2.75, 3.05) is 18.8 Å². The molecule has 1 saturated carbocycles. The molecule has 2 N–H and O–H groups in total. The highest BCUT2D eigenvalue weighted by molar-refractivity contribution is 7.99. The van der Waals surface area contributed by atoms with E-state index in [-0.39, 0.29) is 16.4 Å². The molecule has 1 aliphatic heterocycles. The van der Waals surface area contributed by atoms with E-state index in [4.69, 9.17) is 4.98 Å². The van der Waals surface area contributed by atoms with Crippen LogP contribution in [0.1, 0.15) is 75.1 Å². The highest BCUT2D eigenvalue weighted by Crippen LogP contribution is 2.32. The number of rotatable bonds is 6. The minimum atomic E-state index is -0.849. The first-order valence-electron chi connectivity index (χ1n) is 10.6. The number of hydrogen-bond donors (Lipinski definition) is 2. The summed E-state index contributed by atoms with van der Waals surface area (Å²) in [5.74, 6) is 1.33. The quantitative estimate of drug-likeness (QED) is 0.523. The van der Waals surface area contributed by atoms with Gasteiger partial charge in [-0.25, -0.2) is 0 Å². The molecule has 0 radical (unpaired) electrons. The van der Waals surface area contributed by atoms with Crippen molar-refractivity contribution in [1.82, 2.24) is 14.8 Å². The van der Waals surface area contributed by atoms with Crippen molar-refractivity contribution in [3.05, 3.63) is 17.7 Å². The van der Waals surface area contributed by atoms with Crippen LogP contribution in [0.25, 0.3) is 0 Å². The van der Waals surface area contributed by atoms with Crippen LogP contribution in [0.15, 0.2) is 17.2 Å². The molecule has 28 heavy (non-hydrogen) atoms. The van der Waals surface area contributed by atoms with Crippen molar-refractivity contribution in [2.45, 2.75) is 75.8 Å². The summed E-state index contributed by atoms with van der Waals surface area (Å²) in [4.78, 5) is 29.8. The molecule has 1 saturated heterocycles.